The third kappa shape index (κ3) is 1.20. The van der Waals surface area contributed by atoms with Gasteiger partial charge < -0.3 is 5.11 Å². The summed E-state index contributed by atoms with van der Waals surface area (Å²) in [7, 11) is 0. The Bertz CT molecular complexity index is 538. The molecule has 2 aromatic rings. The quantitative estimate of drug-likeness (QED) is 0.682. The number of rotatable bonds is 0. The Labute approximate surface area is 82.0 Å². The first-order valence-electron chi connectivity index (χ1n) is 4.35. The summed E-state index contributed by atoms with van der Waals surface area (Å²) >= 11 is 0. The van der Waals surface area contributed by atoms with Crippen LogP contribution in [0.4, 0.5) is 0 Å². The molecule has 0 heterocycles. The van der Waals surface area contributed by atoms with Gasteiger partial charge in [0, 0.05) is 5.39 Å². The van der Waals surface area contributed by atoms with Gasteiger partial charge in [0.2, 0.25) is 0 Å². The van der Waals surface area contributed by atoms with Crippen LogP contribution < -0.4 is 0 Å². The molecule has 0 aromatic heterocycles. The van der Waals surface area contributed by atoms with Gasteiger partial charge in [-0.2, -0.15) is 5.26 Å². The van der Waals surface area contributed by atoms with Crippen molar-refractivity contribution in [1.82, 2.24) is 0 Å². The average Bonchev–Trinajstić information content (AvgIpc) is 2.16. The average molecular weight is 183 g/mol. The van der Waals surface area contributed by atoms with Gasteiger partial charge in [-0.3, -0.25) is 0 Å². The van der Waals surface area contributed by atoms with E-state index < -0.39 is 0 Å². The van der Waals surface area contributed by atoms with Crippen molar-refractivity contribution in [1.29, 1.82) is 5.26 Å². The third-order valence-electron chi connectivity index (χ3n) is 2.28. The van der Waals surface area contributed by atoms with E-state index in [-0.39, 0.29) is 5.75 Å². The summed E-state index contributed by atoms with van der Waals surface area (Å²) in [5, 5.41) is 20.1. The molecule has 14 heavy (non-hydrogen) atoms. The monoisotopic (exact) mass is 183 g/mol. The zero-order valence-electron chi connectivity index (χ0n) is 7.78. The van der Waals surface area contributed by atoms with Crippen LogP contribution in [0, 0.1) is 18.3 Å². The first-order valence-corrected chi connectivity index (χ1v) is 4.35. The van der Waals surface area contributed by atoms with Crippen LogP contribution in [0.25, 0.3) is 10.8 Å². The van der Waals surface area contributed by atoms with Gasteiger partial charge in [-0.05, 0) is 36.1 Å². The first-order chi connectivity index (χ1) is 6.72. The maximum atomic E-state index is 9.39. The summed E-state index contributed by atoms with van der Waals surface area (Å²) < 4.78 is 0. The number of hydrogen-bond acceptors (Lipinski definition) is 2. The minimum absolute atomic E-state index is 0.241. The molecule has 0 unspecified atom stereocenters. The number of fused-ring (bicyclic) bond motifs is 1. The summed E-state index contributed by atoms with van der Waals surface area (Å²) in [6.07, 6.45) is 0. The van der Waals surface area contributed by atoms with Crippen molar-refractivity contribution in [2.45, 2.75) is 6.92 Å². The summed E-state index contributed by atoms with van der Waals surface area (Å²) in [6, 6.07) is 11.0. The van der Waals surface area contributed by atoms with Crippen LogP contribution in [0.5, 0.6) is 5.75 Å². The van der Waals surface area contributed by atoms with E-state index >= 15 is 0 Å². The molecule has 0 aliphatic heterocycles. The molecule has 0 aliphatic rings. The number of aryl methyl sites for hydroxylation is 1. The van der Waals surface area contributed by atoms with Gasteiger partial charge >= 0.3 is 0 Å². The number of benzene rings is 2. The van der Waals surface area contributed by atoms with Gasteiger partial charge in [-0.25, -0.2) is 0 Å². The highest BCUT2D eigenvalue weighted by Crippen LogP contribution is 2.26. The van der Waals surface area contributed by atoms with Crippen molar-refractivity contribution in [3.05, 3.63) is 41.5 Å². The molecule has 0 saturated carbocycles. The maximum absolute atomic E-state index is 9.39. The summed E-state index contributed by atoms with van der Waals surface area (Å²) in [5.74, 6) is 0.241. The van der Waals surface area contributed by atoms with Gasteiger partial charge in [0.25, 0.3) is 0 Å². The Hall–Kier alpha value is -2.01. The van der Waals surface area contributed by atoms with Crippen LogP contribution >= 0.6 is 0 Å². The Morgan fingerprint density at radius 3 is 2.79 bits per heavy atom. The molecule has 68 valence electrons. The molecule has 0 saturated heterocycles. The second kappa shape index (κ2) is 3.04. The van der Waals surface area contributed by atoms with E-state index in [1.165, 1.54) is 0 Å². The van der Waals surface area contributed by atoms with Crippen molar-refractivity contribution in [2.75, 3.05) is 0 Å². The number of phenolic OH excluding ortho intramolecular Hbond substituents is 1. The molecule has 0 spiro atoms. The van der Waals surface area contributed by atoms with E-state index in [2.05, 4.69) is 6.07 Å². The van der Waals surface area contributed by atoms with Gasteiger partial charge in [-0.1, -0.05) is 12.1 Å². The zero-order valence-corrected chi connectivity index (χ0v) is 7.78. The van der Waals surface area contributed by atoms with Crippen molar-refractivity contribution < 1.29 is 5.11 Å². The lowest BCUT2D eigenvalue weighted by atomic mass is 10.0. The van der Waals surface area contributed by atoms with Gasteiger partial charge in [0.1, 0.15) is 5.75 Å². The summed E-state index contributed by atoms with van der Waals surface area (Å²) in [6.45, 7) is 1.89. The van der Waals surface area contributed by atoms with E-state index in [1.54, 1.807) is 18.2 Å². The van der Waals surface area contributed by atoms with Crippen LogP contribution in [0.3, 0.4) is 0 Å². The Morgan fingerprint density at radius 1 is 1.29 bits per heavy atom. The van der Waals surface area contributed by atoms with Gasteiger partial charge in [0.05, 0.1) is 11.6 Å². The Morgan fingerprint density at radius 2 is 2.07 bits per heavy atom. The lowest BCUT2D eigenvalue weighted by Gasteiger charge is -2.04. The highest BCUT2D eigenvalue weighted by atomic mass is 16.3. The smallest absolute Gasteiger partial charge is 0.116 e. The van der Waals surface area contributed by atoms with E-state index in [9.17, 15) is 5.11 Å². The molecule has 0 aliphatic carbocycles. The highest BCUT2D eigenvalue weighted by molar-refractivity contribution is 5.91. The van der Waals surface area contributed by atoms with Crippen LogP contribution in [-0.4, -0.2) is 5.11 Å². The molecular formula is C12H9NO. The standard InChI is InChI=1S/C12H9NO/c1-8-5-11(14)6-9-3-2-4-10(7-13)12(8)9/h2-6,14H,1H3. The lowest BCUT2D eigenvalue weighted by Crippen LogP contribution is -1.83. The number of nitrogens with zero attached hydrogens (tertiary/aromatic N) is 1. The largest absolute Gasteiger partial charge is 0.508 e. The Balaban J connectivity index is 2.96. The maximum Gasteiger partial charge on any atom is 0.116 e. The predicted octanol–water partition coefficient (Wildman–Crippen LogP) is 2.73. The van der Waals surface area contributed by atoms with E-state index in [4.69, 9.17) is 5.26 Å². The fourth-order valence-electron chi connectivity index (χ4n) is 1.72. The molecule has 2 nitrogen and oxygen atoms in total. The van der Waals surface area contributed by atoms with Crippen molar-refractivity contribution in [3.63, 3.8) is 0 Å². The van der Waals surface area contributed by atoms with E-state index in [0.717, 1.165) is 16.3 Å². The van der Waals surface area contributed by atoms with Crippen molar-refractivity contribution in [3.8, 4) is 11.8 Å². The molecule has 0 atom stereocenters. The molecule has 0 amide bonds. The van der Waals surface area contributed by atoms with Gasteiger partial charge in [-0.15, -0.1) is 0 Å². The van der Waals surface area contributed by atoms with E-state index in [0.29, 0.717) is 5.56 Å². The van der Waals surface area contributed by atoms with Crippen molar-refractivity contribution >= 4 is 10.8 Å². The normalized spacial score (nSPS) is 10.0. The number of hydrogen-bond donors (Lipinski definition) is 1. The second-order valence-electron chi connectivity index (χ2n) is 3.28. The molecule has 1 N–H and O–H groups in total. The minimum Gasteiger partial charge on any atom is -0.508 e. The second-order valence-corrected chi connectivity index (χ2v) is 3.28. The summed E-state index contributed by atoms with van der Waals surface area (Å²) in [4.78, 5) is 0. The van der Waals surface area contributed by atoms with Crippen LogP contribution in [-0.2, 0) is 0 Å². The Kier molecular flexibility index (Phi) is 1.86. The molecule has 2 aromatic carbocycles. The summed E-state index contributed by atoms with van der Waals surface area (Å²) in [5.41, 5.74) is 1.58. The van der Waals surface area contributed by atoms with Gasteiger partial charge in [0.15, 0.2) is 0 Å². The SMILES string of the molecule is Cc1cc(O)cc2cccc(C#N)c12. The number of aromatic hydroxyl groups is 1. The predicted molar refractivity (Wildman–Crippen MR) is 55.1 cm³/mol. The van der Waals surface area contributed by atoms with E-state index in [1.807, 2.05) is 19.1 Å². The molecule has 2 rings (SSSR count). The molecule has 0 bridgehead atoms. The molecule has 0 fully saturated rings. The molecule has 2 heteroatoms. The minimum atomic E-state index is 0.241. The van der Waals surface area contributed by atoms with Crippen LogP contribution in [0.1, 0.15) is 11.1 Å². The highest BCUT2D eigenvalue weighted by Gasteiger charge is 2.04. The lowest BCUT2D eigenvalue weighted by molar-refractivity contribution is 0.476. The number of nitriles is 1. The number of phenols is 1. The zero-order chi connectivity index (χ0) is 10.1. The topological polar surface area (TPSA) is 44.0 Å². The first kappa shape index (κ1) is 8.58. The fourth-order valence-corrected chi connectivity index (χ4v) is 1.72. The molecule has 0 radical (unpaired) electrons. The fraction of sp³-hybridized carbons (Fsp3) is 0.0833. The molecular weight excluding hydrogens is 174 g/mol. The van der Waals surface area contributed by atoms with Crippen LogP contribution in [0.15, 0.2) is 30.3 Å². The van der Waals surface area contributed by atoms with Crippen LogP contribution in [0.2, 0.25) is 0 Å². The van der Waals surface area contributed by atoms with Crippen molar-refractivity contribution in [2.24, 2.45) is 0 Å². The third-order valence-corrected chi connectivity index (χ3v) is 2.28.